The first kappa shape index (κ1) is 22.3. The van der Waals surface area contributed by atoms with E-state index in [1.165, 1.54) is 0 Å². The summed E-state index contributed by atoms with van der Waals surface area (Å²) in [5, 5.41) is 14.1. The smallest absolute Gasteiger partial charge is 0.407 e. The van der Waals surface area contributed by atoms with Gasteiger partial charge in [-0.3, -0.25) is 9.59 Å². The van der Waals surface area contributed by atoms with Crippen molar-refractivity contribution in [3.05, 3.63) is 59.7 Å². The van der Waals surface area contributed by atoms with Gasteiger partial charge in [0.15, 0.2) is 0 Å². The highest BCUT2D eigenvalue weighted by atomic mass is 16.5. The molecular formula is C24H28N2O5. The van der Waals surface area contributed by atoms with E-state index in [1.54, 1.807) is 6.92 Å². The molecule has 7 nitrogen and oxygen atoms in total. The number of rotatable bonds is 9. The molecule has 0 saturated heterocycles. The summed E-state index contributed by atoms with van der Waals surface area (Å²) >= 11 is 0. The zero-order valence-corrected chi connectivity index (χ0v) is 17.8. The van der Waals surface area contributed by atoms with Crippen LogP contribution in [0.2, 0.25) is 0 Å². The van der Waals surface area contributed by atoms with E-state index in [9.17, 15) is 14.4 Å². The third-order valence-electron chi connectivity index (χ3n) is 5.40. The van der Waals surface area contributed by atoms with Crippen molar-refractivity contribution >= 4 is 18.0 Å². The molecule has 1 unspecified atom stereocenters. The van der Waals surface area contributed by atoms with Gasteiger partial charge in [-0.05, 0) is 35.6 Å². The van der Waals surface area contributed by atoms with Gasteiger partial charge >= 0.3 is 12.1 Å². The molecule has 31 heavy (non-hydrogen) atoms. The van der Waals surface area contributed by atoms with E-state index in [0.29, 0.717) is 12.8 Å². The number of amides is 2. The van der Waals surface area contributed by atoms with E-state index in [4.69, 9.17) is 9.84 Å². The molecule has 0 aliphatic heterocycles. The van der Waals surface area contributed by atoms with E-state index in [0.717, 1.165) is 22.3 Å². The zero-order valence-electron chi connectivity index (χ0n) is 17.8. The highest BCUT2D eigenvalue weighted by Gasteiger charge is 2.29. The molecule has 0 fully saturated rings. The molecule has 0 spiro atoms. The van der Waals surface area contributed by atoms with Crippen LogP contribution < -0.4 is 10.6 Å². The Labute approximate surface area is 181 Å². The summed E-state index contributed by atoms with van der Waals surface area (Å²) < 4.78 is 5.51. The van der Waals surface area contributed by atoms with Gasteiger partial charge in [-0.2, -0.15) is 0 Å². The number of ether oxygens (including phenoxy) is 1. The largest absolute Gasteiger partial charge is 0.481 e. The second-order valence-corrected chi connectivity index (χ2v) is 7.82. The van der Waals surface area contributed by atoms with Crippen LogP contribution in [0.15, 0.2) is 48.5 Å². The zero-order chi connectivity index (χ0) is 22.4. The number of hydrogen-bond acceptors (Lipinski definition) is 4. The molecule has 7 heteroatoms. The van der Waals surface area contributed by atoms with Gasteiger partial charge in [-0.25, -0.2) is 4.79 Å². The Kier molecular flexibility index (Phi) is 7.28. The van der Waals surface area contributed by atoms with Crippen LogP contribution in [-0.4, -0.2) is 41.8 Å². The fraction of sp³-hybridized carbons (Fsp3) is 0.375. The Hall–Kier alpha value is -3.35. The van der Waals surface area contributed by atoms with Gasteiger partial charge in [0.1, 0.15) is 12.6 Å². The number of alkyl carbamates (subject to hydrolysis) is 1. The molecule has 0 bridgehead atoms. The Bertz CT molecular complexity index is 913. The molecule has 0 heterocycles. The lowest BCUT2D eigenvalue weighted by Gasteiger charge is -2.21. The minimum absolute atomic E-state index is 0.0628. The molecule has 0 aromatic heterocycles. The number of nitrogens with one attached hydrogen (secondary N) is 2. The lowest BCUT2D eigenvalue weighted by Crippen LogP contribution is -2.49. The van der Waals surface area contributed by atoms with Crippen molar-refractivity contribution in [2.75, 3.05) is 6.61 Å². The van der Waals surface area contributed by atoms with Gasteiger partial charge in [-0.15, -0.1) is 0 Å². The first-order valence-electron chi connectivity index (χ1n) is 10.5. The predicted molar refractivity (Wildman–Crippen MR) is 117 cm³/mol. The highest BCUT2D eigenvalue weighted by Crippen LogP contribution is 2.44. The summed E-state index contributed by atoms with van der Waals surface area (Å²) in [4.78, 5) is 35.8. The summed E-state index contributed by atoms with van der Waals surface area (Å²) in [5.74, 6) is -1.47. The number of hydrogen-bond donors (Lipinski definition) is 3. The van der Waals surface area contributed by atoms with Crippen molar-refractivity contribution in [3.63, 3.8) is 0 Å². The normalized spacial score (nSPS) is 14.1. The van der Waals surface area contributed by atoms with Crippen LogP contribution >= 0.6 is 0 Å². The number of carboxylic acids is 1. The Morgan fingerprint density at radius 3 is 2.13 bits per heavy atom. The monoisotopic (exact) mass is 424 g/mol. The third-order valence-corrected chi connectivity index (χ3v) is 5.40. The highest BCUT2D eigenvalue weighted by molar-refractivity contribution is 5.86. The summed E-state index contributed by atoms with van der Waals surface area (Å²) in [6, 6.07) is 14.8. The van der Waals surface area contributed by atoms with Gasteiger partial charge in [0, 0.05) is 12.0 Å². The summed E-state index contributed by atoms with van der Waals surface area (Å²) in [7, 11) is 0. The first-order valence-corrected chi connectivity index (χ1v) is 10.5. The van der Waals surface area contributed by atoms with Crippen LogP contribution in [0, 0.1) is 0 Å². The molecule has 1 aliphatic carbocycles. The van der Waals surface area contributed by atoms with Crippen LogP contribution in [0.4, 0.5) is 4.79 Å². The number of fused-ring (bicyclic) bond motifs is 3. The fourth-order valence-electron chi connectivity index (χ4n) is 4.00. The lowest BCUT2D eigenvalue weighted by molar-refractivity contribution is -0.137. The fourth-order valence-corrected chi connectivity index (χ4v) is 4.00. The molecule has 2 amide bonds. The van der Waals surface area contributed by atoms with Crippen molar-refractivity contribution in [2.45, 2.75) is 51.1 Å². The van der Waals surface area contributed by atoms with Gasteiger partial charge in [0.05, 0.1) is 6.42 Å². The summed E-state index contributed by atoms with van der Waals surface area (Å²) in [5.41, 5.74) is 4.51. The molecule has 3 N–H and O–H groups in total. The van der Waals surface area contributed by atoms with E-state index < -0.39 is 30.1 Å². The second kappa shape index (κ2) is 10.1. The number of carbonyl (C=O) groups excluding carboxylic acids is 2. The Morgan fingerprint density at radius 1 is 1.00 bits per heavy atom. The van der Waals surface area contributed by atoms with Crippen LogP contribution in [-0.2, 0) is 14.3 Å². The van der Waals surface area contributed by atoms with Crippen LogP contribution in [0.3, 0.4) is 0 Å². The average molecular weight is 424 g/mol. The van der Waals surface area contributed by atoms with Gasteiger partial charge in [-0.1, -0.05) is 61.9 Å². The van der Waals surface area contributed by atoms with Crippen LogP contribution in [0.25, 0.3) is 11.1 Å². The Balaban J connectivity index is 1.62. The third kappa shape index (κ3) is 5.42. The average Bonchev–Trinajstić information content (AvgIpc) is 3.05. The maximum Gasteiger partial charge on any atom is 0.407 e. The minimum Gasteiger partial charge on any atom is -0.481 e. The maximum absolute atomic E-state index is 12.5. The molecular weight excluding hydrogens is 396 g/mol. The Morgan fingerprint density at radius 2 is 1.58 bits per heavy atom. The van der Waals surface area contributed by atoms with Gasteiger partial charge < -0.3 is 20.5 Å². The van der Waals surface area contributed by atoms with E-state index in [1.807, 2.05) is 43.3 Å². The first-order chi connectivity index (χ1) is 14.9. The van der Waals surface area contributed by atoms with Crippen LogP contribution in [0.5, 0.6) is 0 Å². The van der Waals surface area contributed by atoms with Gasteiger partial charge in [0.2, 0.25) is 5.91 Å². The standard InChI is InChI=1S/C24H28N2O5/c1-3-8-21(23(29)25-15(2)13-22(27)28)26-24(30)31-14-20-18-11-6-4-9-16(18)17-10-5-7-12-19(17)20/h4-7,9-12,15,20-21H,3,8,13-14H2,1-2H3,(H,25,29)(H,26,30)(H,27,28)/t15-,21?/m1/s1. The molecule has 3 rings (SSSR count). The second-order valence-electron chi connectivity index (χ2n) is 7.82. The number of carbonyl (C=O) groups is 3. The van der Waals surface area contributed by atoms with E-state index >= 15 is 0 Å². The van der Waals surface area contributed by atoms with Crippen LogP contribution in [0.1, 0.15) is 50.2 Å². The minimum atomic E-state index is -0.996. The molecule has 0 saturated carbocycles. The summed E-state index contributed by atoms with van der Waals surface area (Å²) in [6.45, 7) is 3.68. The molecule has 2 aromatic rings. The van der Waals surface area contributed by atoms with E-state index in [2.05, 4.69) is 22.8 Å². The molecule has 2 atom stereocenters. The lowest BCUT2D eigenvalue weighted by atomic mass is 9.98. The number of aliphatic carboxylic acids is 1. The van der Waals surface area contributed by atoms with Gasteiger partial charge in [0.25, 0.3) is 0 Å². The topological polar surface area (TPSA) is 105 Å². The SMILES string of the molecule is CCCC(NC(=O)OCC1c2ccccc2-c2ccccc21)C(=O)N[C@H](C)CC(=O)O. The van der Waals surface area contributed by atoms with E-state index in [-0.39, 0.29) is 18.9 Å². The van der Waals surface area contributed by atoms with Crippen molar-refractivity contribution in [3.8, 4) is 11.1 Å². The molecule has 0 radical (unpaired) electrons. The predicted octanol–water partition coefficient (Wildman–Crippen LogP) is 3.67. The number of carboxylic acid groups (broad SMARTS) is 1. The maximum atomic E-state index is 12.5. The van der Waals surface area contributed by atoms with Crippen molar-refractivity contribution in [2.24, 2.45) is 0 Å². The molecule has 2 aromatic carbocycles. The van der Waals surface area contributed by atoms with Crippen molar-refractivity contribution in [1.29, 1.82) is 0 Å². The summed E-state index contributed by atoms with van der Waals surface area (Å²) in [6.07, 6.45) is 0.252. The quantitative estimate of drug-likeness (QED) is 0.570. The molecule has 164 valence electrons. The van der Waals surface area contributed by atoms with Crippen molar-refractivity contribution < 1.29 is 24.2 Å². The molecule has 1 aliphatic rings. The van der Waals surface area contributed by atoms with Crippen molar-refractivity contribution in [1.82, 2.24) is 10.6 Å². The number of benzene rings is 2.